The van der Waals surface area contributed by atoms with Crippen LogP contribution >= 0.6 is 0 Å². The lowest BCUT2D eigenvalue weighted by atomic mass is 9.97. The van der Waals surface area contributed by atoms with Crippen molar-refractivity contribution < 1.29 is 33.6 Å². The second kappa shape index (κ2) is 16.8. The van der Waals surface area contributed by atoms with E-state index in [4.69, 9.17) is 24.7 Å². The van der Waals surface area contributed by atoms with Crippen LogP contribution in [0.2, 0.25) is 0 Å². The SMILES string of the molecule is COc1cc2c(cc1OC)CN(CC1CC(c3ccc(CO)cc3)OC(c3ccc(NC(=O)CCCC(=O)Nc4ccccc4N)cc3)O1)CC2. The second-order valence-electron chi connectivity index (χ2n) is 13.0. The molecule has 51 heavy (non-hydrogen) atoms. The molecule has 2 amide bonds. The average molecular weight is 695 g/mol. The van der Waals surface area contributed by atoms with E-state index in [1.54, 1.807) is 38.5 Å². The van der Waals surface area contributed by atoms with Gasteiger partial charge in [-0.2, -0.15) is 0 Å². The summed E-state index contributed by atoms with van der Waals surface area (Å²) in [7, 11) is 3.31. The molecule has 0 bridgehead atoms. The van der Waals surface area contributed by atoms with Crippen LogP contribution in [0.3, 0.4) is 0 Å². The number of nitrogens with two attached hydrogens (primary N) is 1. The summed E-state index contributed by atoms with van der Waals surface area (Å²) in [5.74, 6) is 1.11. The molecule has 4 aromatic carbocycles. The maximum Gasteiger partial charge on any atom is 0.224 e. The van der Waals surface area contributed by atoms with Crippen LogP contribution in [-0.4, -0.2) is 55.2 Å². The number of nitrogens with one attached hydrogen (secondary N) is 2. The summed E-state index contributed by atoms with van der Waals surface area (Å²) < 4.78 is 24.2. The largest absolute Gasteiger partial charge is 0.493 e. The van der Waals surface area contributed by atoms with Crippen molar-refractivity contribution in [1.29, 1.82) is 0 Å². The van der Waals surface area contributed by atoms with E-state index in [2.05, 4.69) is 27.7 Å². The molecule has 6 rings (SSSR count). The van der Waals surface area contributed by atoms with Gasteiger partial charge in [-0.05, 0) is 71.5 Å². The third-order valence-electron chi connectivity index (χ3n) is 9.38. The summed E-state index contributed by atoms with van der Waals surface area (Å²) in [6.07, 6.45) is 1.45. The molecule has 3 atom stereocenters. The molecule has 0 saturated carbocycles. The molecule has 2 aliphatic rings. The number of carbonyl (C=O) groups excluding carboxylic acids is 2. The van der Waals surface area contributed by atoms with Gasteiger partial charge in [0.05, 0.1) is 44.4 Å². The maximum absolute atomic E-state index is 12.7. The fourth-order valence-corrected chi connectivity index (χ4v) is 6.60. The maximum atomic E-state index is 12.7. The van der Waals surface area contributed by atoms with E-state index in [-0.39, 0.29) is 43.5 Å². The van der Waals surface area contributed by atoms with Gasteiger partial charge in [0.15, 0.2) is 17.8 Å². The standard InChI is InChI=1S/C40H46N4O7/c1-48-36-20-29-18-19-44(23-30(29)21-37(36)49-2)24-32-22-35(27-12-10-26(25-45)11-13-27)51-40(50-32)28-14-16-31(17-15-28)42-38(46)8-5-9-39(47)43-34-7-4-3-6-33(34)41/h3-4,6-7,10-17,20-21,32,35,40,45H,5,8-9,18-19,22-25,41H2,1-2H3,(H,42,46)(H,43,47). The van der Waals surface area contributed by atoms with Gasteiger partial charge in [-0.15, -0.1) is 0 Å². The number of ether oxygens (including phenoxy) is 4. The average Bonchev–Trinajstić information content (AvgIpc) is 3.15. The number of carbonyl (C=O) groups is 2. The number of benzene rings is 4. The number of nitrogen functional groups attached to an aromatic ring is 1. The number of methoxy groups -OCH3 is 2. The molecule has 11 nitrogen and oxygen atoms in total. The Kier molecular flexibility index (Phi) is 11.8. The predicted octanol–water partition coefficient (Wildman–Crippen LogP) is 6.13. The third-order valence-corrected chi connectivity index (χ3v) is 9.38. The lowest BCUT2D eigenvalue weighted by Crippen LogP contribution is -2.41. The van der Waals surface area contributed by atoms with E-state index in [0.717, 1.165) is 54.2 Å². The third kappa shape index (κ3) is 9.25. The summed E-state index contributed by atoms with van der Waals surface area (Å²) in [6, 6.07) is 26.6. The van der Waals surface area contributed by atoms with Crippen LogP contribution in [0.25, 0.3) is 0 Å². The molecular weight excluding hydrogens is 648 g/mol. The minimum Gasteiger partial charge on any atom is -0.493 e. The van der Waals surface area contributed by atoms with Crippen LogP contribution in [0, 0.1) is 0 Å². The number of amides is 2. The van der Waals surface area contributed by atoms with E-state index < -0.39 is 6.29 Å². The monoisotopic (exact) mass is 694 g/mol. The van der Waals surface area contributed by atoms with E-state index in [1.165, 1.54) is 11.1 Å². The zero-order chi connectivity index (χ0) is 35.7. The Morgan fingerprint density at radius 2 is 1.53 bits per heavy atom. The van der Waals surface area contributed by atoms with Gasteiger partial charge in [-0.3, -0.25) is 14.5 Å². The van der Waals surface area contributed by atoms with E-state index in [9.17, 15) is 14.7 Å². The van der Waals surface area contributed by atoms with Gasteiger partial charge in [0.1, 0.15) is 0 Å². The van der Waals surface area contributed by atoms with Crippen molar-refractivity contribution in [3.8, 4) is 11.5 Å². The van der Waals surface area contributed by atoms with Crippen LogP contribution < -0.4 is 25.8 Å². The molecule has 0 aliphatic carbocycles. The van der Waals surface area contributed by atoms with E-state index >= 15 is 0 Å². The molecule has 3 unspecified atom stereocenters. The van der Waals surface area contributed by atoms with Gasteiger partial charge in [0, 0.05) is 50.1 Å². The molecule has 0 radical (unpaired) electrons. The van der Waals surface area contributed by atoms with Crippen molar-refractivity contribution in [3.05, 3.63) is 113 Å². The number of para-hydroxylation sites is 2. The highest BCUT2D eigenvalue weighted by atomic mass is 16.7. The number of hydrogen-bond donors (Lipinski definition) is 4. The van der Waals surface area contributed by atoms with Crippen LogP contribution in [0.5, 0.6) is 11.5 Å². The molecule has 11 heteroatoms. The molecule has 2 heterocycles. The Labute approximate surface area is 298 Å². The molecule has 5 N–H and O–H groups in total. The van der Waals surface area contributed by atoms with Gasteiger partial charge < -0.3 is 40.4 Å². The number of aliphatic hydroxyl groups is 1. The van der Waals surface area contributed by atoms with Crippen molar-refractivity contribution in [1.82, 2.24) is 4.90 Å². The van der Waals surface area contributed by atoms with Crippen molar-refractivity contribution in [2.45, 2.75) is 63.8 Å². The van der Waals surface area contributed by atoms with Crippen molar-refractivity contribution in [2.24, 2.45) is 0 Å². The van der Waals surface area contributed by atoms with E-state index in [1.807, 2.05) is 48.5 Å². The first kappa shape index (κ1) is 35.9. The number of aliphatic hydroxyl groups excluding tert-OH is 1. The predicted molar refractivity (Wildman–Crippen MR) is 195 cm³/mol. The number of hydrogen-bond acceptors (Lipinski definition) is 9. The smallest absolute Gasteiger partial charge is 0.224 e. The Hall–Kier alpha value is -4.94. The van der Waals surface area contributed by atoms with Crippen molar-refractivity contribution in [3.63, 3.8) is 0 Å². The molecular formula is C40H46N4O7. The zero-order valence-electron chi connectivity index (χ0n) is 29.1. The van der Waals surface area contributed by atoms with Gasteiger partial charge in [0.25, 0.3) is 0 Å². The van der Waals surface area contributed by atoms with E-state index in [0.29, 0.717) is 29.9 Å². The fraction of sp³-hybridized carbons (Fsp3) is 0.350. The first-order valence-electron chi connectivity index (χ1n) is 17.3. The Bertz CT molecular complexity index is 1800. The summed E-state index contributed by atoms with van der Waals surface area (Å²) in [5, 5.41) is 15.3. The Morgan fingerprint density at radius 1 is 0.863 bits per heavy atom. The minimum atomic E-state index is -0.616. The topological polar surface area (TPSA) is 145 Å². The number of fused-ring (bicyclic) bond motifs is 1. The molecule has 268 valence electrons. The van der Waals surface area contributed by atoms with Crippen LogP contribution in [0.15, 0.2) is 84.9 Å². The number of anilines is 3. The van der Waals surface area contributed by atoms with Gasteiger partial charge in [-0.1, -0.05) is 48.5 Å². The minimum absolute atomic E-state index is 0.0186. The molecule has 1 fully saturated rings. The van der Waals surface area contributed by atoms with Crippen LogP contribution in [-0.2, 0) is 38.6 Å². The van der Waals surface area contributed by atoms with Crippen LogP contribution in [0.4, 0.5) is 17.1 Å². The molecule has 1 saturated heterocycles. The number of nitrogens with zero attached hydrogens (tertiary/aromatic N) is 1. The van der Waals surface area contributed by atoms with Crippen LogP contribution in [0.1, 0.15) is 65.9 Å². The molecule has 4 aromatic rings. The highest BCUT2D eigenvalue weighted by molar-refractivity contribution is 5.94. The zero-order valence-corrected chi connectivity index (χ0v) is 29.1. The summed E-state index contributed by atoms with van der Waals surface area (Å²) >= 11 is 0. The van der Waals surface area contributed by atoms with Gasteiger partial charge in [0.2, 0.25) is 11.8 Å². The second-order valence-corrected chi connectivity index (χ2v) is 13.0. The summed E-state index contributed by atoms with van der Waals surface area (Å²) in [4.78, 5) is 27.4. The summed E-state index contributed by atoms with van der Waals surface area (Å²) in [6.45, 7) is 2.38. The highest BCUT2D eigenvalue weighted by Gasteiger charge is 2.34. The molecule has 0 aromatic heterocycles. The fourth-order valence-electron chi connectivity index (χ4n) is 6.60. The lowest BCUT2D eigenvalue weighted by Gasteiger charge is -2.39. The Balaban J connectivity index is 1.08. The lowest BCUT2D eigenvalue weighted by molar-refractivity contribution is -0.253. The molecule has 2 aliphatic heterocycles. The van der Waals surface area contributed by atoms with Gasteiger partial charge >= 0.3 is 0 Å². The highest BCUT2D eigenvalue weighted by Crippen LogP contribution is 2.39. The van der Waals surface area contributed by atoms with Gasteiger partial charge in [-0.25, -0.2) is 0 Å². The quantitative estimate of drug-likeness (QED) is 0.122. The first-order chi connectivity index (χ1) is 24.8. The first-order valence-corrected chi connectivity index (χ1v) is 17.3. The Morgan fingerprint density at radius 3 is 2.22 bits per heavy atom. The normalized spacial score (nSPS) is 18.8. The number of rotatable bonds is 13. The van der Waals surface area contributed by atoms with Crippen molar-refractivity contribution in [2.75, 3.05) is 43.7 Å². The molecule has 0 spiro atoms. The van der Waals surface area contributed by atoms with Crippen molar-refractivity contribution >= 4 is 28.9 Å². The summed E-state index contributed by atoms with van der Waals surface area (Å²) in [5.41, 5.74) is 12.8.